The monoisotopic (exact) mass is 240 g/mol. The fourth-order valence-corrected chi connectivity index (χ4v) is 1.66. The van der Waals surface area contributed by atoms with E-state index in [9.17, 15) is 4.79 Å². The molecule has 92 valence electrons. The zero-order valence-electron chi connectivity index (χ0n) is 10.4. The predicted molar refractivity (Wildman–Crippen MR) is 71.1 cm³/mol. The molecule has 0 N–H and O–H groups in total. The Labute approximate surface area is 107 Å². The summed E-state index contributed by atoms with van der Waals surface area (Å²) in [5, 5.41) is 0. The van der Waals surface area contributed by atoms with E-state index >= 15 is 0 Å². The highest BCUT2D eigenvalue weighted by Gasteiger charge is 2.04. The quantitative estimate of drug-likeness (QED) is 0.767. The lowest BCUT2D eigenvalue weighted by Gasteiger charge is -2.05. The first-order chi connectivity index (χ1) is 8.74. The molecule has 0 aliphatic carbocycles. The van der Waals surface area contributed by atoms with Crippen LogP contribution in [-0.2, 0) is 22.6 Å². The van der Waals surface area contributed by atoms with Gasteiger partial charge < -0.3 is 4.74 Å². The van der Waals surface area contributed by atoms with E-state index in [1.54, 1.807) is 0 Å². The van der Waals surface area contributed by atoms with Crippen LogP contribution in [0.1, 0.15) is 16.7 Å². The Morgan fingerprint density at radius 1 is 0.944 bits per heavy atom. The molecular weight excluding hydrogens is 224 g/mol. The molecule has 0 unspecified atom stereocenters. The van der Waals surface area contributed by atoms with Crippen molar-refractivity contribution in [2.24, 2.45) is 0 Å². The molecular formula is C16H16O2. The molecule has 2 nitrogen and oxygen atoms in total. The average molecular weight is 240 g/mol. The summed E-state index contributed by atoms with van der Waals surface area (Å²) in [4.78, 5) is 11.6. The molecule has 18 heavy (non-hydrogen) atoms. The van der Waals surface area contributed by atoms with Gasteiger partial charge in [0.25, 0.3) is 0 Å². The standard InChI is InChI=1S/C16H16O2/c1-13-7-9-14(10-8-13)11-16(17)18-12-15-5-3-2-4-6-15/h2-10H,11-12H2,1H3. The Morgan fingerprint density at radius 2 is 1.61 bits per heavy atom. The van der Waals surface area contributed by atoms with Crippen LogP contribution in [0.3, 0.4) is 0 Å². The number of ether oxygens (including phenoxy) is 1. The highest BCUT2D eigenvalue weighted by Crippen LogP contribution is 2.06. The Kier molecular flexibility index (Phi) is 4.13. The fraction of sp³-hybridized carbons (Fsp3) is 0.188. The SMILES string of the molecule is Cc1ccc(CC(=O)OCc2ccccc2)cc1. The number of rotatable bonds is 4. The van der Waals surface area contributed by atoms with E-state index in [0.717, 1.165) is 11.1 Å². The van der Waals surface area contributed by atoms with E-state index in [2.05, 4.69) is 0 Å². The first kappa shape index (κ1) is 12.4. The maximum absolute atomic E-state index is 11.6. The molecule has 2 heteroatoms. The molecule has 2 rings (SSSR count). The van der Waals surface area contributed by atoms with Gasteiger partial charge >= 0.3 is 5.97 Å². The molecule has 2 aromatic rings. The summed E-state index contributed by atoms with van der Waals surface area (Å²) < 4.78 is 5.22. The Hall–Kier alpha value is -2.09. The van der Waals surface area contributed by atoms with Crippen LogP contribution >= 0.6 is 0 Å². The second-order valence-electron chi connectivity index (χ2n) is 4.31. The third kappa shape index (κ3) is 3.74. The van der Waals surface area contributed by atoms with Gasteiger partial charge in [0.1, 0.15) is 6.61 Å². The Bertz CT molecular complexity index is 500. The maximum atomic E-state index is 11.6. The van der Waals surface area contributed by atoms with Crippen molar-refractivity contribution in [3.63, 3.8) is 0 Å². The highest BCUT2D eigenvalue weighted by molar-refractivity contribution is 5.72. The number of carbonyl (C=O) groups excluding carboxylic acids is 1. The van der Waals surface area contributed by atoms with Gasteiger partial charge in [-0.15, -0.1) is 0 Å². The van der Waals surface area contributed by atoms with Crippen LogP contribution in [0.5, 0.6) is 0 Å². The number of carbonyl (C=O) groups is 1. The predicted octanol–water partition coefficient (Wildman–Crippen LogP) is 3.28. The summed E-state index contributed by atoms with van der Waals surface area (Å²) in [7, 11) is 0. The van der Waals surface area contributed by atoms with Gasteiger partial charge in [-0.1, -0.05) is 60.2 Å². The van der Waals surface area contributed by atoms with E-state index in [-0.39, 0.29) is 5.97 Å². The molecule has 0 heterocycles. The van der Waals surface area contributed by atoms with Crippen molar-refractivity contribution in [1.82, 2.24) is 0 Å². The second-order valence-corrected chi connectivity index (χ2v) is 4.31. The molecule has 0 fully saturated rings. The summed E-state index contributed by atoms with van der Waals surface area (Å²) in [6.07, 6.45) is 0.327. The molecule has 0 amide bonds. The number of esters is 1. The highest BCUT2D eigenvalue weighted by atomic mass is 16.5. The smallest absolute Gasteiger partial charge is 0.310 e. The van der Waals surface area contributed by atoms with Gasteiger partial charge in [0, 0.05) is 0 Å². The average Bonchev–Trinajstić information content (AvgIpc) is 2.40. The first-order valence-corrected chi connectivity index (χ1v) is 5.99. The zero-order valence-corrected chi connectivity index (χ0v) is 10.4. The number of aryl methyl sites for hydroxylation is 1. The van der Waals surface area contributed by atoms with Crippen LogP contribution < -0.4 is 0 Å². The lowest BCUT2D eigenvalue weighted by atomic mass is 10.1. The van der Waals surface area contributed by atoms with E-state index in [4.69, 9.17) is 4.74 Å². The van der Waals surface area contributed by atoms with E-state index < -0.39 is 0 Å². The summed E-state index contributed by atoms with van der Waals surface area (Å²) >= 11 is 0. The summed E-state index contributed by atoms with van der Waals surface area (Å²) in [5.41, 5.74) is 3.19. The summed E-state index contributed by atoms with van der Waals surface area (Å²) in [6, 6.07) is 17.6. The Balaban J connectivity index is 1.84. The van der Waals surface area contributed by atoms with Crippen molar-refractivity contribution < 1.29 is 9.53 Å². The lowest BCUT2D eigenvalue weighted by molar-refractivity contribution is -0.144. The third-order valence-corrected chi connectivity index (χ3v) is 2.71. The molecule has 0 saturated carbocycles. The maximum Gasteiger partial charge on any atom is 0.310 e. The van der Waals surface area contributed by atoms with Crippen LogP contribution in [0.15, 0.2) is 54.6 Å². The minimum absolute atomic E-state index is 0.192. The molecule has 2 aromatic carbocycles. The van der Waals surface area contributed by atoms with Crippen LogP contribution in [0.4, 0.5) is 0 Å². The van der Waals surface area contributed by atoms with E-state index in [1.807, 2.05) is 61.5 Å². The summed E-state index contributed by atoms with van der Waals surface area (Å²) in [6.45, 7) is 2.36. The van der Waals surface area contributed by atoms with Gasteiger partial charge in [0.2, 0.25) is 0 Å². The van der Waals surface area contributed by atoms with Crippen LogP contribution in [0.2, 0.25) is 0 Å². The van der Waals surface area contributed by atoms with E-state index in [0.29, 0.717) is 13.0 Å². The fourth-order valence-electron chi connectivity index (χ4n) is 1.66. The van der Waals surface area contributed by atoms with Gasteiger partial charge in [-0.3, -0.25) is 4.79 Å². The number of hydrogen-bond acceptors (Lipinski definition) is 2. The van der Waals surface area contributed by atoms with Crippen molar-refractivity contribution >= 4 is 5.97 Å². The van der Waals surface area contributed by atoms with Gasteiger partial charge in [-0.2, -0.15) is 0 Å². The molecule has 0 aliphatic heterocycles. The number of benzene rings is 2. The first-order valence-electron chi connectivity index (χ1n) is 5.99. The van der Waals surface area contributed by atoms with Crippen molar-refractivity contribution in [3.05, 3.63) is 71.3 Å². The van der Waals surface area contributed by atoms with Gasteiger partial charge in [-0.25, -0.2) is 0 Å². The van der Waals surface area contributed by atoms with Crippen molar-refractivity contribution in [1.29, 1.82) is 0 Å². The number of hydrogen-bond donors (Lipinski definition) is 0. The second kappa shape index (κ2) is 6.01. The normalized spacial score (nSPS) is 10.1. The molecule has 0 aromatic heterocycles. The topological polar surface area (TPSA) is 26.3 Å². The molecule has 0 aliphatic rings. The minimum atomic E-state index is -0.192. The van der Waals surface area contributed by atoms with Gasteiger partial charge in [0.05, 0.1) is 6.42 Å². The van der Waals surface area contributed by atoms with Crippen LogP contribution in [0.25, 0.3) is 0 Å². The zero-order chi connectivity index (χ0) is 12.8. The van der Waals surface area contributed by atoms with Crippen molar-refractivity contribution in [3.8, 4) is 0 Å². The minimum Gasteiger partial charge on any atom is -0.461 e. The lowest BCUT2D eigenvalue weighted by Crippen LogP contribution is -2.07. The molecule has 0 atom stereocenters. The third-order valence-electron chi connectivity index (χ3n) is 2.71. The van der Waals surface area contributed by atoms with Crippen molar-refractivity contribution in [2.45, 2.75) is 20.0 Å². The van der Waals surface area contributed by atoms with Gasteiger partial charge in [0.15, 0.2) is 0 Å². The molecule has 0 bridgehead atoms. The summed E-state index contributed by atoms with van der Waals surface area (Å²) in [5.74, 6) is -0.192. The molecule has 0 spiro atoms. The van der Waals surface area contributed by atoms with Crippen LogP contribution in [0, 0.1) is 6.92 Å². The van der Waals surface area contributed by atoms with Crippen molar-refractivity contribution in [2.75, 3.05) is 0 Å². The molecule has 0 saturated heterocycles. The largest absolute Gasteiger partial charge is 0.461 e. The molecule has 0 radical (unpaired) electrons. The van der Waals surface area contributed by atoms with E-state index in [1.165, 1.54) is 5.56 Å². The van der Waals surface area contributed by atoms with Crippen LogP contribution in [-0.4, -0.2) is 5.97 Å². The Morgan fingerprint density at radius 3 is 2.28 bits per heavy atom. The van der Waals surface area contributed by atoms with Gasteiger partial charge in [-0.05, 0) is 18.1 Å².